The highest BCUT2D eigenvalue weighted by Crippen LogP contribution is 2.18. The number of hydrogen-bond acceptors (Lipinski definition) is 4. The van der Waals surface area contributed by atoms with E-state index in [1.165, 1.54) is 0 Å². The van der Waals surface area contributed by atoms with Gasteiger partial charge in [-0.25, -0.2) is 4.79 Å². The van der Waals surface area contributed by atoms with Crippen LogP contribution in [0.2, 0.25) is 0 Å². The summed E-state index contributed by atoms with van der Waals surface area (Å²) in [6.07, 6.45) is 0.899. The van der Waals surface area contributed by atoms with Crippen LogP contribution in [0.15, 0.2) is 39.5 Å². The van der Waals surface area contributed by atoms with Gasteiger partial charge in [0.2, 0.25) is 0 Å². The summed E-state index contributed by atoms with van der Waals surface area (Å²) in [6.45, 7) is 3.16. The number of para-hydroxylation sites is 1. The van der Waals surface area contributed by atoms with E-state index in [0.29, 0.717) is 24.6 Å². The maximum atomic E-state index is 12.6. The summed E-state index contributed by atoms with van der Waals surface area (Å²) in [5.74, 6) is 0.0432. The number of rotatable bonds is 1. The fourth-order valence-electron chi connectivity index (χ4n) is 2.95. The van der Waals surface area contributed by atoms with Crippen molar-refractivity contribution in [2.75, 3.05) is 13.1 Å². The first-order valence-corrected chi connectivity index (χ1v) is 7.12. The van der Waals surface area contributed by atoms with Gasteiger partial charge in [0.15, 0.2) is 0 Å². The van der Waals surface area contributed by atoms with Crippen molar-refractivity contribution in [3.8, 4) is 0 Å². The quantitative estimate of drug-likeness (QED) is 0.808. The average molecular weight is 286 g/mol. The van der Waals surface area contributed by atoms with E-state index in [1.807, 2.05) is 12.1 Å². The van der Waals surface area contributed by atoms with E-state index in [9.17, 15) is 9.59 Å². The molecule has 2 aromatic rings. The molecule has 2 N–H and O–H groups in total. The Balaban J connectivity index is 1.97. The Morgan fingerprint density at radius 3 is 2.86 bits per heavy atom. The molecular formula is C16H18N2O3. The van der Waals surface area contributed by atoms with Crippen molar-refractivity contribution in [2.45, 2.75) is 19.4 Å². The second-order valence-corrected chi connectivity index (χ2v) is 5.80. The number of nitrogens with two attached hydrogens (primary N) is 1. The maximum Gasteiger partial charge on any atom is 0.349 e. The summed E-state index contributed by atoms with van der Waals surface area (Å²) < 4.78 is 5.22. The van der Waals surface area contributed by atoms with Crippen LogP contribution in [-0.4, -0.2) is 29.9 Å². The van der Waals surface area contributed by atoms with Gasteiger partial charge in [-0.15, -0.1) is 0 Å². The van der Waals surface area contributed by atoms with Crippen molar-refractivity contribution >= 4 is 16.9 Å². The molecule has 1 aromatic heterocycles. The molecule has 1 amide bonds. The van der Waals surface area contributed by atoms with Crippen molar-refractivity contribution in [1.29, 1.82) is 0 Å². The number of carbonyl (C=O) groups is 1. The van der Waals surface area contributed by atoms with Gasteiger partial charge in [-0.3, -0.25) is 4.79 Å². The second-order valence-electron chi connectivity index (χ2n) is 5.80. The summed E-state index contributed by atoms with van der Waals surface area (Å²) in [7, 11) is 0. The maximum absolute atomic E-state index is 12.6. The van der Waals surface area contributed by atoms with Gasteiger partial charge in [0, 0.05) is 24.5 Å². The fourth-order valence-corrected chi connectivity index (χ4v) is 2.95. The zero-order valence-corrected chi connectivity index (χ0v) is 11.9. The first-order chi connectivity index (χ1) is 10.0. The van der Waals surface area contributed by atoms with E-state index in [4.69, 9.17) is 10.2 Å². The minimum absolute atomic E-state index is 0.0369. The molecule has 110 valence electrons. The molecule has 0 spiro atoms. The normalized spacial score (nSPS) is 22.5. The first kappa shape index (κ1) is 13.8. The standard InChI is InChI=1S/C16H18N2O3/c1-10-6-12(17)9-18(8-10)15(19)13-7-11-4-2-3-5-14(11)21-16(13)20/h2-5,7,10,12H,6,8-9,17H2,1H3. The smallest absolute Gasteiger partial charge is 0.349 e. The molecule has 1 fully saturated rings. The van der Waals surface area contributed by atoms with Gasteiger partial charge in [-0.05, 0) is 24.5 Å². The van der Waals surface area contributed by atoms with E-state index in [0.717, 1.165) is 11.8 Å². The van der Waals surface area contributed by atoms with Gasteiger partial charge in [-0.1, -0.05) is 25.1 Å². The lowest BCUT2D eigenvalue weighted by Crippen LogP contribution is -2.49. The minimum atomic E-state index is -0.592. The first-order valence-electron chi connectivity index (χ1n) is 7.12. The highest BCUT2D eigenvalue weighted by molar-refractivity contribution is 5.96. The van der Waals surface area contributed by atoms with Gasteiger partial charge in [0.1, 0.15) is 11.1 Å². The number of fused-ring (bicyclic) bond motifs is 1. The SMILES string of the molecule is CC1CC(N)CN(C(=O)c2cc3ccccc3oc2=O)C1. The third-order valence-electron chi connectivity index (χ3n) is 3.85. The minimum Gasteiger partial charge on any atom is -0.422 e. The van der Waals surface area contributed by atoms with Crippen molar-refractivity contribution < 1.29 is 9.21 Å². The highest BCUT2D eigenvalue weighted by atomic mass is 16.4. The summed E-state index contributed by atoms with van der Waals surface area (Å²) in [6, 6.07) is 8.73. The Morgan fingerprint density at radius 2 is 2.10 bits per heavy atom. The van der Waals surface area contributed by atoms with Gasteiger partial charge in [0.05, 0.1) is 0 Å². The molecule has 21 heavy (non-hydrogen) atoms. The van der Waals surface area contributed by atoms with Crippen LogP contribution in [0.1, 0.15) is 23.7 Å². The molecule has 0 bridgehead atoms. The monoisotopic (exact) mass is 286 g/mol. The lowest BCUT2D eigenvalue weighted by Gasteiger charge is -2.34. The van der Waals surface area contributed by atoms with E-state index in [2.05, 4.69) is 6.92 Å². The summed E-state index contributed by atoms with van der Waals surface area (Å²) in [5.41, 5.74) is 5.94. The number of amides is 1. The fraction of sp³-hybridized carbons (Fsp3) is 0.375. The zero-order chi connectivity index (χ0) is 15.0. The predicted octanol–water partition coefficient (Wildman–Crippen LogP) is 1.60. The molecule has 1 aliphatic rings. The summed E-state index contributed by atoms with van der Waals surface area (Å²) in [5, 5.41) is 0.745. The van der Waals surface area contributed by atoms with Crippen molar-refractivity contribution in [2.24, 2.45) is 11.7 Å². The van der Waals surface area contributed by atoms with Crippen LogP contribution >= 0.6 is 0 Å². The highest BCUT2D eigenvalue weighted by Gasteiger charge is 2.28. The van der Waals surface area contributed by atoms with Crippen molar-refractivity contribution in [3.63, 3.8) is 0 Å². The molecular weight excluding hydrogens is 268 g/mol. The lowest BCUT2D eigenvalue weighted by atomic mass is 9.96. The van der Waals surface area contributed by atoms with Crippen LogP contribution < -0.4 is 11.4 Å². The molecule has 1 saturated heterocycles. The molecule has 2 heterocycles. The Labute approximate surface area is 122 Å². The Bertz CT molecular complexity index is 728. The molecule has 1 aliphatic heterocycles. The van der Waals surface area contributed by atoms with Crippen LogP contribution in [0.3, 0.4) is 0 Å². The van der Waals surface area contributed by atoms with Crippen LogP contribution in [0, 0.1) is 5.92 Å². The summed E-state index contributed by atoms with van der Waals surface area (Å²) >= 11 is 0. The molecule has 5 heteroatoms. The van der Waals surface area contributed by atoms with E-state index in [-0.39, 0.29) is 17.5 Å². The Morgan fingerprint density at radius 1 is 1.33 bits per heavy atom. The molecule has 2 unspecified atom stereocenters. The van der Waals surface area contributed by atoms with Gasteiger partial charge >= 0.3 is 5.63 Å². The van der Waals surface area contributed by atoms with Crippen molar-refractivity contribution in [3.05, 3.63) is 46.3 Å². The number of benzene rings is 1. The zero-order valence-electron chi connectivity index (χ0n) is 11.9. The molecule has 0 radical (unpaired) electrons. The van der Waals surface area contributed by atoms with E-state index >= 15 is 0 Å². The second kappa shape index (κ2) is 5.33. The summed E-state index contributed by atoms with van der Waals surface area (Å²) in [4.78, 5) is 26.3. The number of hydrogen-bond donors (Lipinski definition) is 1. The van der Waals surface area contributed by atoms with Crippen LogP contribution in [0.25, 0.3) is 11.0 Å². The molecule has 2 atom stereocenters. The molecule has 1 aromatic carbocycles. The predicted molar refractivity (Wildman–Crippen MR) is 80.1 cm³/mol. The Hall–Kier alpha value is -2.14. The third-order valence-corrected chi connectivity index (χ3v) is 3.85. The number of carbonyl (C=O) groups excluding carboxylic acids is 1. The van der Waals surface area contributed by atoms with E-state index < -0.39 is 5.63 Å². The number of likely N-dealkylation sites (tertiary alicyclic amines) is 1. The van der Waals surface area contributed by atoms with Crippen molar-refractivity contribution in [1.82, 2.24) is 4.90 Å². The van der Waals surface area contributed by atoms with Crippen LogP contribution in [0.5, 0.6) is 0 Å². The van der Waals surface area contributed by atoms with Gasteiger partial charge < -0.3 is 15.1 Å². The van der Waals surface area contributed by atoms with Crippen LogP contribution in [-0.2, 0) is 0 Å². The average Bonchev–Trinajstić information content (AvgIpc) is 2.44. The Kier molecular flexibility index (Phi) is 3.51. The largest absolute Gasteiger partial charge is 0.422 e. The third kappa shape index (κ3) is 2.69. The van der Waals surface area contributed by atoms with Crippen LogP contribution in [0.4, 0.5) is 0 Å². The molecule has 0 aliphatic carbocycles. The number of nitrogens with zero attached hydrogens (tertiary/aromatic N) is 1. The molecule has 3 rings (SSSR count). The van der Waals surface area contributed by atoms with Gasteiger partial charge in [-0.2, -0.15) is 0 Å². The number of piperidine rings is 1. The lowest BCUT2D eigenvalue weighted by molar-refractivity contribution is 0.0657. The topological polar surface area (TPSA) is 76.5 Å². The van der Waals surface area contributed by atoms with Gasteiger partial charge in [0.25, 0.3) is 5.91 Å². The van der Waals surface area contributed by atoms with E-state index in [1.54, 1.807) is 23.1 Å². The molecule has 5 nitrogen and oxygen atoms in total. The molecule has 0 saturated carbocycles.